The Hall–Kier alpha value is -2.38. The molecule has 0 spiro atoms. The lowest BCUT2D eigenvalue weighted by atomic mass is 10.1. The first-order chi connectivity index (χ1) is 12.3. The summed E-state index contributed by atoms with van der Waals surface area (Å²) in [5, 5.41) is 2.75. The summed E-state index contributed by atoms with van der Waals surface area (Å²) in [6, 6.07) is 14.4. The van der Waals surface area contributed by atoms with Gasteiger partial charge in [-0.15, -0.1) is 0 Å². The Morgan fingerprint density at radius 1 is 1.15 bits per heavy atom. The number of carbonyl (C=O) groups is 1. The molecule has 26 heavy (non-hydrogen) atoms. The molecule has 0 aliphatic heterocycles. The van der Waals surface area contributed by atoms with E-state index in [0.29, 0.717) is 24.3 Å². The van der Waals surface area contributed by atoms with Crippen molar-refractivity contribution in [1.82, 2.24) is 9.62 Å². The van der Waals surface area contributed by atoms with E-state index in [1.807, 2.05) is 30.3 Å². The highest BCUT2D eigenvalue weighted by atomic mass is 32.2. The van der Waals surface area contributed by atoms with E-state index in [4.69, 9.17) is 4.74 Å². The van der Waals surface area contributed by atoms with Crippen molar-refractivity contribution in [1.29, 1.82) is 0 Å². The van der Waals surface area contributed by atoms with Crippen LogP contribution < -0.4 is 10.1 Å². The van der Waals surface area contributed by atoms with Crippen LogP contribution in [0.15, 0.2) is 53.4 Å². The summed E-state index contributed by atoms with van der Waals surface area (Å²) in [5.74, 6) is 0.280. The molecule has 0 aromatic heterocycles. The van der Waals surface area contributed by atoms with Crippen molar-refractivity contribution in [3.05, 3.63) is 59.7 Å². The van der Waals surface area contributed by atoms with E-state index in [2.05, 4.69) is 5.32 Å². The zero-order valence-electron chi connectivity index (χ0n) is 15.2. The van der Waals surface area contributed by atoms with Gasteiger partial charge in [0, 0.05) is 13.6 Å². The molecule has 1 amide bonds. The van der Waals surface area contributed by atoms with Crippen molar-refractivity contribution in [3.8, 4) is 5.75 Å². The molecule has 0 saturated heterocycles. The highest BCUT2D eigenvalue weighted by Gasteiger charge is 2.23. The maximum atomic E-state index is 12.6. The number of nitrogens with one attached hydrogen (secondary N) is 1. The number of aryl methyl sites for hydroxylation is 1. The van der Waals surface area contributed by atoms with E-state index in [9.17, 15) is 13.2 Å². The van der Waals surface area contributed by atoms with Crippen LogP contribution in [0, 0.1) is 6.92 Å². The number of benzene rings is 2. The van der Waals surface area contributed by atoms with Crippen LogP contribution >= 0.6 is 0 Å². The van der Waals surface area contributed by atoms with E-state index < -0.39 is 10.0 Å². The average Bonchev–Trinajstić information content (AvgIpc) is 2.62. The van der Waals surface area contributed by atoms with Crippen molar-refractivity contribution in [2.45, 2.75) is 18.2 Å². The maximum Gasteiger partial charge on any atom is 0.243 e. The number of amides is 1. The topological polar surface area (TPSA) is 75.7 Å². The normalized spacial score (nSPS) is 11.4. The Balaban J connectivity index is 1.93. The third kappa shape index (κ3) is 5.06. The summed E-state index contributed by atoms with van der Waals surface area (Å²) < 4.78 is 31.4. The molecular formula is C19H24N2O4S. The number of hydrogen-bond donors (Lipinski definition) is 1. The molecule has 0 radical (unpaired) electrons. The van der Waals surface area contributed by atoms with Gasteiger partial charge in [-0.05, 0) is 42.7 Å². The third-order valence-electron chi connectivity index (χ3n) is 4.02. The van der Waals surface area contributed by atoms with Crippen molar-refractivity contribution in [3.63, 3.8) is 0 Å². The highest BCUT2D eigenvalue weighted by Crippen LogP contribution is 2.23. The van der Waals surface area contributed by atoms with E-state index in [0.717, 1.165) is 9.87 Å². The maximum absolute atomic E-state index is 12.6. The lowest BCUT2D eigenvalue weighted by Crippen LogP contribution is -2.39. The Morgan fingerprint density at radius 3 is 2.46 bits per heavy atom. The van der Waals surface area contributed by atoms with Crippen molar-refractivity contribution in [2.24, 2.45) is 0 Å². The first-order valence-electron chi connectivity index (χ1n) is 8.26. The fraction of sp³-hybridized carbons (Fsp3) is 0.316. The summed E-state index contributed by atoms with van der Waals surface area (Å²) in [4.78, 5) is 12.2. The van der Waals surface area contributed by atoms with Crippen LogP contribution in [0.25, 0.3) is 0 Å². The van der Waals surface area contributed by atoms with Gasteiger partial charge in [-0.3, -0.25) is 4.79 Å². The van der Waals surface area contributed by atoms with Crippen LogP contribution in [-0.4, -0.2) is 45.9 Å². The number of ether oxygens (including phenoxy) is 1. The Kier molecular flexibility index (Phi) is 6.76. The molecule has 0 aliphatic rings. The van der Waals surface area contributed by atoms with Crippen molar-refractivity contribution < 1.29 is 17.9 Å². The standard InChI is InChI=1S/C19H24N2O4S/c1-15-13-17(9-10-18(15)25-3)26(23,24)21(2)14-19(22)20-12-11-16-7-5-4-6-8-16/h4-10,13H,11-12,14H2,1-3H3,(H,20,22). The minimum Gasteiger partial charge on any atom is -0.496 e. The Bertz CT molecular complexity index is 851. The van der Waals surface area contributed by atoms with Crippen LogP contribution in [0.5, 0.6) is 5.75 Å². The Morgan fingerprint density at radius 2 is 1.85 bits per heavy atom. The van der Waals surface area contributed by atoms with Crippen molar-refractivity contribution >= 4 is 15.9 Å². The molecule has 1 N–H and O–H groups in total. The van der Waals surface area contributed by atoms with Gasteiger partial charge in [0.05, 0.1) is 18.6 Å². The van der Waals surface area contributed by atoms with E-state index in [1.54, 1.807) is 13.0 Å². The number of methoxy groups -OCH3 is 1. The first-order valence-corrected chi connectivity index (χ1v) is 9.70. The van der Waals surface area contributed by atoms with Gasteiger partial charge in [0.2, 0.25) is 15.9 Å². The number of likely N-dealkylation sites (N-methyl/N-ethyl adjacent to an activating group) is 1. The van der Waals surface area contributed by atoms with E-state index >= 15 is 0 Å². The smallest absolute Gasteiger partial charge is 0.243 e. The molecular weight excluding hydrogens is 352 g/mol. The molecule has 0 fully saturated rings. The van der Waals surface area contributed by atoms with Gasteiger partial charge < -0.3 is 10.1 Å². The lowest BCUT2D eigenvalue weighted by Gasteiger charge is -2.17. The van der Waals surface area contributed by atoms with E-state index in [-0.39, 0.29) is 17.3 Å². The zero-order chi connectivity index (χ0) is 19.2. The third-order valence-corrected chi connectivity index (χ3v) is 5.82. The molecule has 2 aromatic rings. The molecule has 2 rings (SSSR count). The second kappa shape index (κ2) is 8.82. The van der Waals surface area contributed by atoms with Crippen molar-refractivity contribution in [2.75, 3.05) is 27.2 Å². The van der Waals surface area contributed by atoms with Gasteiger partial charge in [0.1, 0.15) is 5.75 Å². The highest BCUT2D eigenvalue weighted by molar-refractivity contribution is 7.89. The quantitative estimate of drug-likeness (QED) is 0.764. The van der Waals surface area contributed by atoms with Crippen LogP contribution in [0.2, 0.25) is 0 Å². The molecule has 6 nitrogen and oxygen atoms in total. The zero-order valence-corrected chi connectivity index (χ0v) is 16.0. The van der Waals surface area contributed by atoms with Gasteiger partial charge in [-0.1, -0.05) is 30.3 Å². The molecule has 0 saturated carbocycles. The van der Waals surface area contributed by atoms with Gasteiger partial charge in [0.25, 0.3) is 0 Å². The number of rotatable bonds is 8. The largest absolute Gasteiger partial charge is 0.496 e. The number of nitrogens with zero attached hydrogens (tertiary/aromatic N) is 1. The van der Waals surface area contributed by atoms with Gasteiger partial charge in [-0.25, -0.2) is 8.42 Å². The summed E-state index contributed by atoms with van der Waals surface area (Å²) in [7, 11) is -0.817. The predicted molar refractivity (Wildman–Crippen MR) is 101 cm³/mol. The molecule has 0 aliphatic carbocycles. The molecule has 0 unspecified atom stereocenters. The fourth-order valence-electron chi connectivity index (χ4n) is 2.53. The molecule has 0 atom stereocenters. The minimum absolute atomic E-state index is 0.135. The Labute approximate surface area is 154 Å². The monoisotopic (exact) mass is 376 g/mol. The van der Waals surface area contributed by atoms with Crippen LogP contribution in [0.3, 0.4) is 0 Å². The average molecular weight is 376 g/mol. The molecule has 7 heteroatoms. The van der Waals surface area contributed by atoms with Crippen LogP contribution in [-0.2, 0) is 21.2 Å². The van der Waals surface area contributed by atoms with E-state index in [1.165, 1.54) is 26.3 Å². The molecule has 0 heterocycles. The second-order valence-electron chi connectivity index (χ2n) is 5.98. The fourth-order valence-corrected chi connectivity index (χ4v) is 3.74. The van der Waals surface area contributed by atoms with Gasteiger partial charge in [0.15, 0.2) is 0 Å². The van der Waals surface area contributed by atoms with Crippen LogP contribution in [0.1, 0.15) is 11.1 Å². The second-order valence-corrected chi connectivity index (χ2v) is 8.02. The number of sulfonamides is 1. The summed E-state index contributed by atoms with van der Waals surface area (Å²) in [5.41, 5.74) is 1.83. The SMILES string of the molecule is COc1ccc(S(=O)(=O)N(C)CC(=O)NCCc2ccccc2)cc1C. The predicted octanol–water partition coefficient (Wildman–Crippen LogP) is 1.98. The van der Waals surface area contributed by atoms with Gasteiger partial charge in [-0.2, -0.15) is 4.31 Å². The molecule has 0 bridgehead atoms. The minimum atomic E-state index is -3.74. The summed E-state index contributed by atoms with van der Waals surface area (Å²) in [6.07, 6.45) is 0.695. The molecule has 140 valence electrons. The lowest BCUT2D eigenvalue weighted by molar-refractivity contribution is -0.121. The number of carbonyl (C=O) groups excluding carboxylic acids is 1. The van der Waals surface area contributed by atoms with Gasteiger partial charge >= 0.3 is 0 Å². The van der Waals surface area contributed by atoms with Crippen LogP contribution in [0.4, 0.5) is 0 Å². The first kappa shape index (κ1) is 19.9. The number of hydrogen-bond acceptors (Lipinski definition) is 4. The summed E-state index contributed by atoms with van der Waals surface area (Å²) in [6.45, 7) is 1.99. The molecule has 2 aromatic carbocycles. The summed E-state index contributed by atoms with van der Waals surface area (Å²) >= 11 is 0.